The lowest BCUT2D eigenvalue weighted by atomic mass is 10.0. The molecule has 12 heteroatoms. The fraction of sp³-hybridized carbons (Fsp3) is 0.316. The Balaban J connectivity index is 2.01. The summed E-state index contributed by atoms with van der Waals surface area (Å²) in [6.07, 6.45) is -2.28. The van der Waals surface area contributed by atoms with E-state index in [1.807, 2.05) is 0 Å². The zero-order valence-corrected chi connectivity index (χ0v) is 17.4. The molecule has 0 radical (unpaired) electrons. The average molecular weight is 459 g/mol. The third-order valence-corrected chi connectivity index (χ3v) is 6.44. The second-order valence-corrected chi connectivity index (χ2v) is 8.83. The highest BCUT2D eigenvalue weighted by Crippen LogP contribution is 2.36. The van der Waals surface area contributed by atoms with Gasteiger partial charge in [0.1, 0.15) is 17.0 Å². The number of aliphatic hydroxyl groups excluding tert-OH is 1. The number of aryl methyl sites for hydroxylation is 2. The van der Waals surface area contributed by atoms with Gasteiger partial charge in [0, 0.05) is 18.9 Å². The van der Waals surface area contributed by atoms with Gasteiger partial charge in [-0.05, 0) is 24.6 Å². The SMILES string of the molecule is C=C[C@@]1(CO)COc2c(cn(C)c2C(=O)Nc2ccc(C)c(C(F)(F)F)c2)S(=O)(=O)N1. The summed E-state index contributed by atoms with van der Waals surface area (Å²) in [5.74, 6) is -1.15. The number of carbonyl (C=O) groups is 1. The number of nitrogens with zero attached hydrogens (tertiary/aromatic N) is 1. The van der Waals surface area contributed by atoms with Crippen LogP contribution in [-0.4, -0.2) is 42.8 Å². The van der Waals surface area contributed by atoms with Crippen LogP contribution in [0.5, 0.6) is 5.75 Å². The molecule has 0 aliphatic carbocycles. The number of sulfonamides is 1. The first-order valence-electron chi connectivity index (χ1n) is 8.93. The zero-order chi connectivity index (χ0) is 23.2. The van der Waals surface area contributed by atoms with Crippen LogP contribution >= 0.6 is 0 Å². The minimum Gasteiger partial charge on any atom is -0.487 e. The van der Waals surface area contributed by atoms with Crippen molar-refractivity contribution in [1.82, 2.24) is 9.29 Å². The summed E-state index contributed by atoms with van der Waals surface area (Å²) in [7, 11) is -2.81. The maximum absolute atomic E-state index is 13.2. The van der Waals surface area contributed by atoms with Gasteiger partial charge in [-0.3, -0.25) is 4.79 Å². The Morgan fingerprint density at radius 3 is 2.71 bits per heavy atom. The summed E-state index contributed by atoms with van der Waals surface area (Å²) >= 11 is 0. The molecule has 1 aliphatic heterocycles. The van der Waals surface area contributed by atoms with E-state index in [-0.39, 0.29) is 34.2 Å². The van der Waals surface area contributed by atoms with Crippen LogP contribution < -0.4 is 14.8 Å². The van der Waals surface area contributed by atoms with Gasteiger partial charge in [-0.25, -0.2) is 8.42 Å². The van der Waals surface area contributed by atoms with Gasteiger partial charge in [-0.1, -0.05) is 12.1 Å². The van der Waals surface area contributed by atoms with Gasteiger partial charge in [-0.2, -0.15) is 17.9 Å². The van der Waals surface area contributed by atoms with Gasteiger partial charge in [0.05, 0.1) is 12.2 Å². The molecule has 1 aromatic carbocycles. The van der Waals surface area contributed by atoms with E-state index in [0.29, 0.717) is 0 Å². The van der Waals surface area contributed by atoms with Crippen LogP contribution in [0, 0.1) is 6.92 Å². The third kappa shape index (κ3) is 4.18. The quantitative estimate of drug-likeness (QED) is 0.608. The van der Waals surface area contributed by atoms with Crippen LogP contribution in [0.25, 0.3) is 0 Å². The van der Waals surface area contributed by atoms with Gasteiger partial charge in [0.15, 0.2) is 11.4 Å². The molecule has 0 saturated heterocycles. The average Bonchev–Trinajstić information content (AvgIpc) is 2.98. The smallest absolute Gasteiger partial charge is 0.416 e. The van der Waals surface area contributed by atoms with Crippen molar-refractivity contribution in [2.75, 3.05) is 18.5 Å². The molecule has 0 fully saturated rings. The van der Waals surface area contributed by atoms with E-state index in [2.05, 4.69) is 16.6 Å². The number of amides is 1. The summed E-state index contributed by atoms with van der Waals surface area (Å²) < 4.78 is 74.0. The predicted molar refractivity (Wildman–Crippen MR) is 105 cm³/mol. The van der Waals surface area contributed by atoms with Gasteiger partial charge in [0.2, 0.25) is 10.0 Å². The van der Waals surface area contributed by atoms with E-state index in [0.717, 1.165) is 12.3 Å². The summed E-state index contributed by atoms with van der Waals surface area (Å²) in [6, 6.07) is 3.31. The van der Waals surface area contributed by atoms with Crippen LogP contribution in [0.3, 0.4) is 0 Å². The van der Waals surface area contributed by atoms with E-state index in [9.17, 15) is 31.5 Å². The Morgan fingerprint density at radius 2 is 2.13 bits per heavy atom. The van der Waals surface area contributed by atoms with Gasteiger partial charge in [0.25, 0.3) is 5.91 Å². The highest BCUT2D eigenvalue weighted by atomic mass is 32.2. The number of rotatable bonds is 4. The van der Waals surface area contributed by atoms with Crippen LogP contribution in [0.4, 0.5) is 18.9 Å². The topological polar surface area (TPSA) is 110 Å². The first-order chi connectivity index (χ1) is 14.3. The Hall–Kier alpha value is -2.83. The molecule has 3 rings (SSSR count). The number of carbonyl (C=O) groups excluding carboxylic acids is 1. The number of hydrogen-bond acceptors (Lipinski definition) is 5. The molecule has 2 heterocycles. The Kier molecular flexibility index (Phi) is 5.67. The van der Waals surface area contributed by atoms with Crippen molar-refractivity contribution in [2.24, 2.45) is 7.05 Å². The van der Waals surface area contributed by atoms with Gasteiger partial charge < -0.3 is 19.7 Å². The van der Waals surface area contributed by atoms with E-state index < -0.39 is 39.8 Å². The van der Waals surface area contributed by atoms with Crippen LogP contribution in [-0.2, 0) is 23.2 Å². The minimum absolute atomic E-state index is 0.0106. The fourth-order valence-electron chi connectivity index (χ4n) is 3.16. The monoisotopic (exact) mass is 459 g/mol. The van der Waals surface area contributed by atoms with Gasteiger partial charge in [-0.15, -0.1) is 6.58 Å². The molecule has 2 aromatic rings. The normalized spacial score (nSPS) is 20.3. The molecule has 3 N–H and O–H groups in total. The number of nitrogens with one attached hydrogen (secondary N) is 2. The molecule has 0 saturated carbocycles. The minimum atomic E-state index is -4.60. The lowest BCUT2D eigenvalue weighted by Crippen LogP contribution is -2.52. The largest absolute Gasteiger partial charge is 0.487 e. The molecule has 1 aromatic heterocycles. The highest BCUT2D eigenvalue weighted by molar-refractivity contribution is 7.89. The lowest BCUT2D eigenvalue weighted by Gasteiger charge is -2.26. The molecule has 31 heavy (non-hydrogen) atoms. The van der Waals surface area contributed by atoms with E-state index >= 15 is 0 Å². The van der Waals surface area contributed by atoms with Crippen molar-refractivity contribution in [3.05, 3.63) is 53.9 Å². The highest BCUT2D eigenvalue weighted by Gasteiger charge is 2.41. The van der Waals surface area contributed by atoms with E-state index in [4.69, 9.17) is 4.74 Å². The zero-order valence-electron chi connectivity index (χ0n) is 16.6. The molecule has 1 amide bonds. The lowest BCUT2D eigenvalue weighted by molar-refractivity contribution is -0.138. The summed E-state index contributed by atoms with van der Waals surface area (Å²) in [6.45, 7) is 3.80. The first-order valence-corrected chi connectivity index (χ1v) is 10.4. The van der Waals surface area contributed by atoms with Gasteiger partial charge >= 0.3 is 6.18 Å². The second kappa shape index (κ2) is 7.70. The maximum Gasteiger partial charge on any atom is 0.416 e. The van der Waals surface area contributed by atoms with Crippen LogP contribution in [0.15, 0.2) is 41.9 Å². The Labute approximate surface area is 176 Å². The third-order valence-electron chi connectivity index (χ3n) is 4.89. The summed E-state index contributed by atoms with van der Waals surface area (Å²) in [5, 5.41) is 11.9. The second-order valence-electron chi connectivity index (χ2n) is 7.18. The first kappa shape index (κ1) is 22.8. The number of anilines is 1. The predicted octanol–water partition coefficient (Wildman–Crippen LogP) is 2.19. The molecule has 1 atom stereocenters. The molecule has 0 unspecified atom stereocenters. The van der Waals surface area contributed by atoms with Crippen molar-refractivity contribution in [3.8, 4) is 5.75 Å². The number of fused-ring (bicyclic) bond motifs is 1. The van der Waals surface area contributed by atoms with Crippen molar-refractivity contribution in [2.45, 2.75) is 23.5 Å². The van der Waals surface area contributed by atoms with Crippen LogP contribution in [0.1, 0.15) is 21.6 Å². The summed E-state index contributed by atoms with van der Waals surface area (Å²) in [4.78, 5) is 12.5. The maximum atomic E-state index is 13.2. The van der Waals surface area contributed by atoms with Crippen molar-refractivity contribution in [3.63, 3.8) is 0 Å². The molecule has 1 aliphatic rings. The molecule has 8 nitrogen and oxygen atoms in total. The number of alkyl halides is 3. The molecule has 0 spiro atoms. The molecular weight excluding hydrogens is 439 g/mol. The number of ether oxygens (including phenoxy) is 1. The number of hydrogen-bond donors (Lipinski definition) is 3. The summed E-state index contributed by atoms with van der Waals surface area (Å²) in [5.41, 5.74) is -2.76. The van der Waals surface area contributed by atoms with Crippen LogP contribution in [0.2, 0.25) is 0 Å². The number of aliphatic hydroxyl groups is 1. The molecule has 0 bridgehead atoms. The fourth-order valence-corrected chi connectivity index (χ4v) is 4.71. The van der Waals surface area contributed by atoms with E-state index in [1.165, 1.54) is 36.7 Å². The Bertz CT molecular complexity index is 1160. The molecule has 168 valence electrons. The molecular formula is C19H20F3N3O5S. The standard InChI is InChI=1S/C19H20F3N3O5S/c1-4-18(9-26)10-30-16-14(31(28,29)24-18)8-25(3)15(16)17(27)23-12-6-5-11(2)13(7-12)19(20,21)22/h4-8,24,26H,1,9-10H2,2-3H3,(H,23,27)/t18-/m1/s1. The van der Waals surface area contributed by atoms with Crippen molar-refractivity contribution < 1.29 is 36.2 Å². The van der Waals surface area contributed by atoms with E-state index in [1.54, 1.807) is 0 Å². The number of aromatic nitrogens is 1. The van der Waals surface area contributed by atoms with Crippen molar-refractivity contribution >= 4 is 21.6 Å². The Morgan fingerprint density at radius 1 is 1.45 bits per heavy atom. The van der Waals surface area contributed by atoms with Crippen molar-refractivity contribution in [1.29, 1.82) is 0 Å². The number of halogens is 3. The number of benzene rings is 1.